The van der Waals surface area contributed by atoms with Gasteiger partial charge in [-0.2, -0.15) is 0 Å². The number of pyridine rings is 2. The van der Waals surface area contributed by atoms with Crippen LogP contribution in [0.5, 0.6) is 0 Å². The van der Waals surface area contributed by atoms with E-state index in [1.54, 1.807) is 23.5 Å². The van der Waals surface area contributed by atoms with E-state index in [-0.39, 0.29) is 6.09 Å². The molecule has 1 amide bonds. The minimum absolute atomic E-state index is 0.263. The number of amides is 1. The van der Waals surface area contributed by atoms with Crippen molar-refractivity contribution in [3.05, 3.63) is 55.0 Å². The highest BCUT2D eigenvalue weighted by atomic mass is 16.6. The minimum Gasteiger partial charge on any atom is -0.450 e. The summed E-state index contributed by atoms with van der Waals surface area (Å²) < 4.78 is 5.10. The summed E-state index contributed by atoms with van der Waals surface area (Å²) in [6.45, 7) is 4.72. The maximum Gasteiger partial charge on any atom is 0.409 e. The predicted molar refractivity (Wildman–Crippen MR) is 109 cm³/mol. The molecule has 0 aliphatic carbocycles. The van der Waals surface area contributed by atoms with Gasteiger partial charge >= 0.3 is 6.09 Å². The maximum atomic E-state index is 12.0. The summed E-state index contributed by atoms with van der Waals surface area (Å²) in [6, 6.07) is 11.5. The average molecular weight is 390 g/mol. The molecule has 1 aliphatic heterocycles. The van der Waals surface area contributed by atoms with E-state index in [0.717, 1.165) is 22.8 Å². The Balaban J connectivity index is 1.64. The molecule has 0 saturated carbocycles. The van der Waals surface area contributed by atoms with Crippen molar-refractivity contribution < 1.29 is 9.53 Å². The highest BCUT2D eigenvalue weighted by Gasteiger charge is 2.23. The van der Waals surface area contributed by atoms with Gasteiger partial charge in [0.15, 0.2) is 5.82 Å². The molecular formula is C21H22N6O2. The lowest BCUT2D eigenvalue weighted by Crippen LogP contribution is -2.49. The molecule has 0 radical (unpaired) electrons. The average Bonchev–Trinajstić information content (AvgIpc) is 2.80. The second kappa shape index (κ2) is 8.64. The molecule has 4 heterocycles. The number of hydrogen-bond acceptors (Lipinski definition) is 7. The van der Waals surface area contributed by atoms with Gasteiger partial charge in [-0.05, 0) is 31.2 Å². The second-order valence-corrected chi connectivity index (χ2v) is 6.56. The van der Waals surface area contributed by atoms with E-state index < -0.39 is 0 Å². The molecular weight excluding hydrogens is 368 g/mol. The molecule has 3 aromatic heterocycles. The lowest BCUT2D eigenvalue weighted by molar-refractivity contribution is 0.105. The Kier molecular flexibility index (Phi) is 5.60. The van der Waals surface area contributed by atoms with Crippen LogP contribution in [0.3, 0.4) is 0 Å². The molecule has 1 saturated heterocycles. The first-order valence-corrected chi connectivity index (χ1v) is 9.62. The number of rotatable bonds is 4. The zero-order valence-electron chi connectivity index (χ0n) is 16.2. The zero-order valence-corrected chi connectivity index (χ0v) is 16.2. The summed E-state index contributed by atoms with van der Waals surface area (Å²) in [5, 5.41) is 0. The lowest BCUT2D eigenvalue weighted by atomic mass is 10.2. The summed E-state index contributed by atoms with van der Waals surface area (Å²) >= 11 is 0. The number of hydrogen-bond donors (Lipinski definition) is 0. The van der Waals surface area contributed by atoms with Gasteiger partial charge in [0.2, 0.25) is 0 Å². The van der Waals surface area contributed by atoms with Crippen LogP contribution >= 0.6 is 0 Å². The number of carbonyl (C=O) groups is 1. The molecule has 3 aromatic rings. The highest BCUT2D eigenvalue weighted by Crippen LogP contribution is 2.25. The smallest absolute Gasteiger partial charge is 0.409 e. The van der Waals surface area contributed by atoms with Crippen molar-refractivity contribution in [2.24, 2.45) is 0 Å². The molecule has 8 nitrogen and oxygen atoms in total. The normalized spacial score (nSPS) is 14.0. The molecule has 0 spiro atoms. The molecule has 8 heteroatoms. The van der Waals surface area contributed by atoms with Crippen LogP contribution in [0.25, 0.3) is 22.8 Å². The van der Waals surface area contributed by atoms with Crippen molar-refractivity contribution in [1.29, 1.82) is 0 Å². The number of carbonyl (C=O) groups excluding carboxylic acids is 1. The van der Waals surface area contributed by atoms with E-state index in [0.29, 0.717) is 38.6 Å². The van der Waals surface area contributed by atoms with Crippen LogP contribution in [-0.4, -0.2) is 63.7 Å². The van der Waals surface area contributed by atoms with Crippen LogP contribution in [0.1, 0.15) is 6.92 Å². The third-order valence-corrected chi connectivity index (χ3v) is 4.71. The third kappa shape index (κ3) is 4.31. The van der Waals surface area contributed by atoms with Gasteiger partial charge in [0.25, 0.3) is 0 Å². The molecule has 0 aromatic carbocycles. The van der Waals surface area contributed by atoms with E-state index in [9.17, 15) is 4.79 Å². The first-order chi connectivity index (χ1) is 14.2. The Morgan fingerprint density at radius 2 is 1.79 bits per heavy atom. The first kappa shape index (κ1) is 18.8. The molecule has 0 bridgehead atoms. The van der Waals surface area contributed by atoms with Crippen LogP contribution < -0.4 is 4.90 Å². The molecule has 0 atom stereocenters. The van der Waals surface area contributed by atoms with Gasteiger partial charge in [0.1, 0.15) is 5.82 Å². The number of aromatic nitrogens is 4. The van der Waals surface area contributed by atoms with Crippen molar-refractivity contribution in [2.75, 3.05) is 37.7 Å². The molecule has 0 N–H and O–H groups in total. The minimum atomic E-state index is -0.263. The fourth-order valence-electron chi connectivity index (χ4n) is 3.20. The van der Waals surface area contributed by atoms with E-state index in [4.69, 9.17) is 14.7 Å². The highest BCUT2D eigenvalue weighted by molar-refractivity contribution is 5.69. The van der Waals surface area contributed by atoms with E-state index in [1.807, 2.05) is 43.3 Å². The SMILES string of the molecule is CCOC(=O)N1CCN(c2cc(-c3ccccn3)nc(-c3ccncc3)n2)CC1. The Bertz CT molecular complexity index is 902. The quantitative estimate of drug-likeness (QED) is 0.677. The number of anilines is 1. The topological polar surface area (TPSA) is 84.3 Å². The van der Waals surface area contributed by atoms with Gasteiger partial charge in [-0.25, -0.2) is 14.8 Å². The zero-order chi connectivity index (χ0) is 20.1. The fourth-order valence-corrected chi connectivity index (χ4v) is 3.20. The number of nitrogens with zero attached hydrogens (tertiary/aromatic N) is 6. The molecule has 1 aliphatic rings. The number of piperazine rings is 1. The summed E-state index contributed by atoms with van der Waals surface area (Å²) in [5.41, 5.74) is 2.44. The second-order valence-electron chi connectivity index (χ2n) is 6.56. The standard InChI is InChI=1S/C21H22N6O2/c1-2-29-21(28)27-13-11-26(12-14-27)19-15-18(17-5-3-4-8-23-17)24-20(25-19)16-6-9-22-10-7-16/h3-10,15H,2,11-14H2,1H3. The Morgan fingerprint density at radius 3 is 2.48 bits per heavy atom. The van der Waals surface area contributed by atoms with Crippen LogP contribution in [0.4, 0.5) is 10.6 Å². The van der Waals surface area contributed by atoms with Gasteiger partial charge < -0.3 is 14.5 Å². The van der Waals surface area contributed by atoms with Crippen LogP contribution in [0.15, 0.2) is 55.0 Å². The monoisotopic (exact) mass is 390 g/mol. The molecule has 29 heavy (non-hydrogen) atoms. The van der Waals surface area contributed by atoms with Crippen LogP contribution in [0.2, 0.25) is 0 Å². The van der Waals surface area contributed by atoms with E-state index in [2.05, 4.69) is 14.9 Å². The van der Waals surface area contributed by atoms with Gasteiger partial charge in [-0.15, -0.1) is 0 Å². The maximum absolute atomic E-state index is 12.0. The molecule has 148 valence electrons. The fraction of sp³-hybridized carbons (Fsp3) is 0.286. The van der Waals surface area contributed by atoms with Crippen molar-refractivity contribution in [3.8, 4) is 22.8 Å². The third-order valence-electron chi connectivity index (χ3n) is 4.71. The molecule has 0 unspecified atom stereocenters. The summed E-state index contributed by atoms with van der Waals surface area (Å²) in [6.07, 6.45) is 4.94. The van der Waals surface area contributed by atoms with Crippen LogP contribution in [-0.2, 0) is 4.74 Å². The first-order valence-electron chi connectivity index (χ1n) is 9.62. The van der Waals surface area contributed by atoms with E-state index >= 15 is 0 Å². The lowest BCUT2D eigenvalue weighted by Gasteiger charge is -2.34. The summed E-state index contributed by atoms with van der Waals surface area (Å²) in [4.78, 5) is 33.9. The molecule has 1 fully saturated rings. The molecule has 4 rings (SSSR count). The van der Waals surface area contributed by atoms with Gasteiger partial charge in [-0.1, -0.05) is 6.07 Å². The van der Waals surface area contributed by atoms with Crippen molar-refractivity contribution in [1.82, 2.24) is 24.8 Å². The van der Waals surface area contributed by atoms with Gasteiger partial charge in [0, 0.05) is 56.4 Å². The van der Waals surface area contributed by atoms with Crippen molar-refractivity contribution in [2.45, 2.75) is 6.92 Å². The van der Waals surface area contributed by atoms with Crippen molar-refractivity contribution >= 4 is 11.9 Å². The summed E-state index contributed by atoms with van der Waals surface area (Å²) in [7, 11) is 0. The van der Waals surface area contributed by atoms with Crippen LogP contribution in [0, 0.1) is 0 Å². The largest absolute Gasteiger partial charge is 0.450 e. The summed E-state index contributed by atoms with van der Waals surface area (Å²) in [5.74, 6) is 1.44. The Morgan fingerprint density at radius 1 is 1.00 bits per heavy atom. The van der Waals surface area contributed by atoms with Crippen molar-refractivity contribution in [3.63, 3.8) is 0 Å². The van der Waals surface area contributed by atoms with E-state index in [1.165, 1.54) is 0 Å². The van der Waals surface area contributed by atoms with Gasteiger partial charge in [-0.3, -0.25) is 9.97 Å². The Hall–Kier alpha value is -3.55. The predicted octanol–water partition coefficient (Wildman–Crippen LogP) is 2.88. The van der Waals surface area contributed by atoms with Gasteiger partial charge in [0.05, 0.1) is 18.0 Å². The Labute approximate surface area is 169 Å². The number of ether oxygens (including phenoxy) is 1.